The summed E-state index contributed by atoms with van der Waals surface area (Å²) in [5, 5.41) is 3.30. The van der Waals surface area contributed by atoms with Gasteiger partial charge in [0.2, 0.25) is 0 Å². The summed E-state index contributed by atoms with van der Waals surface area (Å²) in [4.78, 5) is 0. The number of rotatable bonds is 7. The monoisotopic (exact) mass is 174 g/mol. The molecule has 12 heavy (non-hydrogen) atoms. The maximum Gasteiger partial charge on any atom is 0.0518 e. The van der Waals surface area contributed by atoms with Crippen molar-refractivity contribution in [1.82, 2.24) is 5.32 Å². The summed E-state index contributed by atoms with van der Waals surface area (Å²) in [6.07, 6.45) is 1.40. The number of nitrogens with two attached hydrogens (primary N) is 1. The second-order valence-electron chi connectivity index (χ2n) is 3.36. The Balaban J connectivity index is 3.00. The average Bonchev–Trinajstić information content (AvgIpc) is 2.03. The SMILES string of the molecule is CC(CN)NCCCOC(C)C. The van der Waals surface area contributed by atoms with Crippen molar-refractivity contribution in [2.45, 2.75) is 39.3 Å². The minimum absolute atomic E-state index is 0.344. The van der Waals surface area contributed by atoms with Gasteiger partial charge in [-0.05, 0) is 33.7 Å². The van der Waals surface area contributed by atoms with Crippen LogP contribution in [0.25, 0.3) is 0 Å². The van der Waals surface area contributed by atoms with Gasteiger partial charge in [-0.1, -0.05) is 0 Å². The Morgan fingerprint density at radius 3 is 2.50 bits per heavy atom. The fourth-order valence-electron chi connectivity index (χ4n) is 0.823. The van der Waals surface area contributed by atoms with E-state index in [0.29, 0.717) is 18.7 Å². The number of ether oxygens (including phenoxy) is 1. The molecule has 1 atom stereocenters. The fourth-order valence-corrected chi connectivity index (χ4v) is 0.823. The zero-order chi connectivity index (χ0) is 9.40. The van der Waals surface area contributed by atoms with Crippen LogP contribution in [0.2, 0.25) is 0 Å². The van der Waals surface area contributed by atoms with E-state index in [0.717, 1.165) is 19.6 Å². The maximum atomic E-state index is 5.44. The highest BCUT2D eigenvalue weighted by atomic mass is 16.5. The van der Waals surface area contributed by atoms with Gasteiger partial charge < -0.3 is 15.8 Å². The van der Waals surface area contributed by atoms with Crippen molar-refractivity contribution >= 4 is 0 Å². The Labute approximate surface area is 75.7 Å². The van der Waals surface area contributed by atoms with E-state index >= 15 is 0 Å². The number of hydrogen-bond donors (Lipinski definition) is 2. The van der Waals surface area contributed by atoms with E-state index in [9.17, 15) is 0 Å². The minimum atomic E-state index is 0.344. The van der Waals surface area contributed by atoms with Gasteiger partial charge in [-0.3, -0.25) is 0 Å². The molecule has 3 nitrogen and oxygen atoms in total. The summed E-state index contributed by atoms with van der Waals surface area (Å²) >= 11 is 0. The largest absolute Gasteiger partial charge is 0.379 e. The summed E-state index contributed by atoms with van der Waals surface area (Å²) < 4.78 is 5.39. The first-order chi connectivity index (χ1) is 5.66. The third kappa shape index (κ3) is 7.98. The van der Waals surface area contributed by atoms with E-state index in [4.69, 9.17) is 10.5 Å². The van der Waals surface area contributed by atoms with Crippen LogP contribution in [0.4, 0.5) is 0 Å². The highest BCUT2D eigenvalue weighted by Crippen LogP contribution is 1.89. The molecule has 74 valence electrons. The molecule has 0 saturated carbocycles. The second kappa shape index (κ2) is 7.53. The van der Waals surface area contributed by atoms with Crippen LogP contribution in [-0.4, -0.2) is 31.8 Å². The lowest BCUT2D eigenvalue weighted by molar-refractivity contribution is 0.0768. The van der Waals surface area contributed by atoms with Gasteiger partial charge >= 0.3 is 0 Å². The Bertz CT molecular complexity index is 96.5. The molecule has 0 aromatic carbocycles. The van der Waals surface area contributed by atoms with Crippen molar-refractivity contribution in [1.29, 1.82) is 0 Å². The summed E-state index contributed by atoms with van der Waals surface area (Å²) in [5.41, 5.74) is 5.44. The highest BCUT2D eigenvalue weighted by molar-refractivity contribution is 4.59. The molecule has 0 aromatic rings. The minimum Gasteiger partial charge on any atom is -0.379 e. The molecule has 0 radical (unpaired) electrons. The number of hydrogen-bond acceptors (Lipinski definition) is 3. The summed E-state index contributed by atoms with van der Waals surface area (Å²) in [7, 11) is 0. The van der Waals surface area contributed by atoms with E-state index in [1.807, 2.05) is 0 Å². The molecule has 0 heterocycles. The van der Waals surface area contributed by atoms with Gasteiger partial charge in [0.1, 0.15) is 0 Å². The molecule has 1 unspecified atom stereocenters. The molecule has 0 rings (SSSR count). The molecule has 3 N–H and O–H groups in total. The lowest BCUT2D eigenvalue weighted by Crippen LogP contribution is -2.34. The molecule has 0 fully saturated rings. The predicted molar refractivity (Wildman–Crippen MR) is 52.2 cm³/mol. The Kier molecular flexibility index (Phi) is 7.45. The van der Waals surface area contributed by atoms with Crippen molar-refractivity contribution in [3.05, 3.63) is 0 Å². The molecule has 0 bridgehead atoms. The molecular formula is C9H22N2O. The zero-order valence-corrected chi connectivity index (χ0v) is 8.47. The van der Waals surface area contributed by atoms with Crippen molar-refractivity contribution in [3.63, 3.8) is 0 Å². The van der Waals surface area contributed by atoms with Crippen molar-refractivity contribution in [3.8, 4) is 0 Å². The van der Waals surface area contributed by atoms with Gasteiger partial charge in [0.05, 0.1) is 6.10 Å². The van der Waals surface area contributed by atoms with Gasteiger partial charge in [-0.25, -0.2) is 0 Å². The molecular weight excluding hydrogens is 152 g/mol. The van der Waals surface area contributed by atoms with Crippen molar-refractivity contribution in [2.24, 2.45) is 5.73 Å². The molecule has 3 heteroatoms. The molecule has 0 aromatic heterocycles. The van der Waals surface area contributed by atoms with Crippen molar-refractivity contribution < 1.29 is 4.74 Å². The van der Waals surface area contributed by atoms with Gasteiger partial charge in [-0.15, -0.1) is 0 Å². The Morgan fingerprint density at radius 2 is 2.00 bits per heavy atom. The number of nitrogens with one attached hydrogen (secondary N) is 1. The predicted octanol–water partition coefficient (Wildman–Crippen LogP) is 0.738. The van der Waals surface area contributed by atoms with E-state index in [1.165, 1.54) is 0 Å². The topological polar surface area (TPSA) is 47.3 Å². The quantitative estimate of drug-likeness (QED) is 0.560. The van der Waals surface area contributed by atoms with E-state index in [-0.39, 0.29) is 0 Å². The maximum absolute atomic E-state index is 5.44. The van der Waals surface area contributed by atoms with Crippen LogP contribution >= 0.6 is 0 Å². The second-order valence-corrected chi connectivity index (χ2v) is 3.36. The van der Waals surface area contributed by atoms with Gasteiger partial charge in [0.15, 0.2) is 0 Å². The molecule has 0 aliphatic carbocycles. The van der Waals surface area contributed by atoms with Crippen LogP contribution in [0.3, 0.4) is 0 Å². The van der Waals surface area contributed by atoms with Crippen LogP contribution in [0.5, 0.6) is 0 Å². The first kappa shape index (κ1) is 11.9. The third-order valence-electron chi connectivity index (χ3n) is 1.62. The first-order valence-corrected chi connectivity index (χ1v) is 4.72. The fraction of sp³-hybridized carbons (Fsp3) is 1.00. The standard InChI is InChI=1S/C9H22N2O/c1-8(2)12-6-4-5-11-9(3)7-10/h8-9,11H,4-7,10H2,1-3H3. The lowest BCUT2D eigenvalue weighted by atomic mass is 10.3. The molecule has 0 aliphatic rings. The molecule has 0 spiro atoms. The summed E-state index contributed by atoms with van der Waals surface area (Å²) in [6.45, 7) is 8.72. The lowest BCUT2D eigenvalue weighted by Gasteiger charge is -2.11. The van der Waals surface area contributed by atoms with E-state index in [1.54, 1.807) is 0 Å². The Hall–Kier alpha value is -0.120. The van der Waals surface area contributed by atoms with Crippen LogP contribution in [0.15, 0.2) is 0 Å². The zero-order valence-electron chi connectivity index (χ0n) is 8.47. The van der Waals surface area contributed by atoms with E-state index < -0.39 is 0 Å². The Morgan fingerprint density at radius 1 is 1.33 bits per heavy atom. The highest BCUT2D eigenvalue weighted by Gasteiger charge is 1.96. The van der Waals surface area contributed by atoms with Crippen molar-refractivity contribution in [2.75, 3.05) is 19.7 Å². The molecule has 0 saturated heterocycles. The van der Waals surface area contributed by atoms with Gasteiger partial charge in [0.25, 0.3) is 0 Å². The molecule has 0 aliphatic heterocycles. The summed E-state index contributed by atoms with van der Waals surface area (Å²) in [5.74, 6) is 0. The van der Waals surface area contributed by atoms with Gasteiger partial charge in [-0.2, -0.15) is 0 Å². The average molecular weight is 174 g/mol. The smallest absolute Gasteiger partial charge is 0.0518 e. The normalized spacial score (nSPS) is 13.8. The van der Waals surface area contributed by atoms with Crippen LogP contribution in [0.1, 0.15) is 27.2 Å². The first-order valence-electron chi connectivity index (χ1n) is 4.72. The van der Waals surface area contributed by atoms with Crippen LogP contribution < -0.4 is 11.1 Å². The molecule has 0 amide bonds. The summed E-state index contributed by atoms with van der Waals surface area (Å²) in [6, 6.07) is 0.420. The third-order valence-corrected chi connectivity index (χ3v) is 1.62. The van der Waals surface area contributed by atoms with Crippen LogP contribution in [0, 0.1) is 0 Å². The van der Waals surface area contributed by atoms with Crippen LogP contribution in [-0.2, 0) is 4.74 Å². The van der Waals surface area contributed by atoms with E-state index in [2.05, 4.69) is 26.1 Å². The van der Waals surface area contributed by atoms with Gasteiger partial charge in [0, 0.05) is 19.2 Å².